The van der Waals surface area contributed by atoms with Crippen LogP contribution in [0.4, 0.5) is 5.82 Å². The Kier molecular flexibility index (Phi) is 5.09. The lowest BCUT2D eigenvalue weighted by atomic mass is 10.2. The van der Waals surface area contributed by atoms with Crippen molar-refractivity contribution >= 4 is 18.0 Å². The molecule has 0 aromatic carbocycles. The van der Waals surface area contributed by atoms with E-state index in [9.17, 15) is 9.59 Å². The van der Waals surface area contributed by atoms with Crippen molar-refractivity contribution in [1.29, 1.82) is 0 Å². The lowest BCUT2D eigenvalue weighted by molar-refractivity contribution is -0.129. The van der Waals surface area contributed by atoms with Gasteiger partial charge in [-0.15, -0.1) is 0 Å². The second-order valence-corrected chi connectivity index (χ2v) is 4.49. The monoisotopic (exact) mass is 266 g/mol. The fourth-order valence-electron chi connectivity index (χ4n) is 2.21. The second-order valence-electron chi connectivity index (χ2n) is 4.49. The van der Waals surface area contributed by atoms with Crippen LogP contribution in [0.2, 0.25) is 0 Å². The Balaban J connectivity index is 2.92. The maximum atomic E-state index is 12.1. The third-order valence-electron chi connectivity index (χ3n) is 3.21. The Hall–Kier alpha value is -1.85. The molecule has 1 aromatic rings. The summed E-state index contributed by atoms with van der Waals surface area (Å²) in [5.41, 5.74) is 1.21. The van der Waals surface area contributed by atoms with Gasteiger partial charge in [0.15, 0.2) is 6.29 Å². The molecule has 0 saturated heterocycles. The first kappa shape index (κ1) is 15.2. The first-order valence-corrected chi connectivity index (χ1v) is 6.43. The number of rotatable bonds is 6. The zero-order valence-electron chi connectivity index (χ0n) is 12.3. The summed E-state index contributed by atoms with van der Waals surface area (Å²) < 4.78 is 1.63. The topological polar surface area (TPSA) is 58.4 Å². The summed E-state index contributed by atoms with van der Waals surface area (Å²) in [5.74, 6) is 0.719. The fraction of sp³-hybridized carbons (Fsp3) is 0.615. The molecule has 6 heteroatoms. The maximum Gasteiger partial charge on any atom is 0.242 e. The predicted octanol–water partition coefficient (Wildman–Crippen LogP) is 0.846. The van der Waals surface area contributed by atoms with Crippen molar-refractivity contribution in [3.8, 4) is 0 Å². The highest BCUT2D eigenvalue weighted by Crippen LogP contribution is 2.20. The Bertz CT molecular complexity index is 463. The quantitative estimate of drug-likeness (QED) is 0.716. The molecule has 0 unspecified atom stereocenters. The van der Waals surface area contributed by atoms with Crippen molar-refractivity contribution in [2.45, 2.75) is 20.8 Å². The van der Waals surface area contributed by atoms with Crippen molar-refractivity contribution < 1.29 is 9.59 Å². The largest absolute Gasteiger partial charge is 0.350 e. The van der Waals surface area contributed by atoms with Crippen LogP contribution >= 0.6 is 0 Å². The van der Waals surface area contributed by atoms with Gasteiger partial charge in [0.2, 0.25) is 5.91 Å². The molecule has 19 heavy (non-hydrogen) atoms. The lowest BCUT2D eigenvalue weighted by Gasteiger charge is -2.24. The van der Waals surface area contributed by atoms with Gasteiger partial charge >= 0.3 is 0 Å². The molecule has 0 fully saturated rings. The van der Waals surface area contributed by atoms with Gasteiger partial charge in [0.25, 0.3) is 0 Å². The Morgan fingerprint density at radius 1 is 1.37 bits per heavy atom. The fourth-order valence-corrected chi connectivity index (χ4v) is 2.21. The van der Waals surface area contributed by atoms with Crippen molar-refractivity contribution in [3.05, 3.63) is 11.3 Å². The van der Waals surface area contributed by atoms with E-state index >= 15 is 0 Å². The number of anilines is 1. The molecule has 0 aliphatic carbocycles. The summed E-state index contributed by atoms with van der Waals surface area (Å²) >= 11 is 0. The summed E-state index contributed by atoms with van der Waals surface area (Å²) in [5, 5.41) is 4.21. The van der Waals surface area contributed by atoms with E-state index in [-0.39, 0.29) is 12.5 Å². The first-order valence-electron chi connectivity index (χ1n) is 6.43. The van der Waals surface area contributed by atoms with Gasteiger partial charge in [-0.3, -0.25) is 14.3 Å². The highest BCUT2D eigenvalue weighted by Gasteiger charge is 2.19. The number of aromatic nitrogens is 2. The normalized spacial score (nSPS) is 10.4. The second kappa shape index (κ2) is 6.36. The van der Waals surface area contributed by atoms with Crippen LogP contribution in [0.5, 0.6) is 0 Å². The van der Waals surface area contributed by atoms with E-state index in [1.54, 1.807) is 35.5 Å². The van der Waals surface area contributed by atoms with Gasteiger partial charge in [-0.2, -0.15) is 5.10 Å². The molecule has 1 aromatic heterocycles. The molecule has 0 saturated carbocycles. The van der Waals surface area contributed by atoms with Gasteiger partial charge in [0, 0.05) is 27.2 Å². The summed E-state index contributed by atoms with van der Waals surface area (Å²) in [6.07, 6.45) is 0.788. The van der Waals surface area contributed by atoms with E-state index in [2.05, 4.69) is 5.10 Å². The first-order chi connectivity index (χ1) is 8.96. The number of hydrogen-bond donors (Lipinski definition) is 0. The molecule has 1 heterocycles. The van der Waals surface area contributed by atoms with Gasteiger partial charge in [-0.05, 0) is 20.8 Å². The number of nitrogens with zero attached hydrogens (tertiary/aromatic N) is 4. The molecule has 0 N–H and O–H groups in total. The van der Waals surface area contributed by atoms with Crippen molar-refractivity contribution in [2.24, 2.45) is 7.05 Å². The standard InChI is InChI=1S/C13H22N4O2/c1-6-17(7-2)12(19)8-15(4)13-11(9-18)10(3)14-16(13)5/h9H,6-8H2,1-5H3. The van der Waals surface area contributed by atoms with Crippen LogP contribution in [0.1, 0.15) is 29.9 Å². The highest BCUT2D eigenvalue weighted by molar-refractivity contribution is 5.87. The summed E-state index contributed by atoms with van der Waals surface area (Å²) in [4.78, 5) is 26.7. The minimum Gasteiger partial charge on any atom is -0.350 e. The zero-order valence-corrected chi connectivity index (χ0v) is 12.3. The van der Waals surface area contributed by atoms with Crippen LogP contribution in [0.15, 0.2) is 0 Å². The number of aryl methyl sites for hydroxylation is 2. The summed E-state index contributed by atoms with van der Waals surface area (Å²) in [7, 11) is 3.57. The lowest BCUT2D eigenvalue weighted by Crippen LogP contribution is -2.39. The third kappa shape index (κ3) is 3.13. The SMILES string of the molecule is CCN(CC)C(=O)CN(C)c1c(C=O)c(C)nn1C. The molecule has 0 spiro atoms. The third-order valence-corrected chi connectivity index (χ3v) is 3.21. The Morgan fingerprint density at radius 2 is 1.95 bits per heavy atom. The van der Waals surface area contributed by atoms with Gasteiger partial charge in [-0.25, -0.2) is 0 Å². The smallest absolute Gasteiger partial charge is 0.242 e. The molecule has 6 nitrogen and oxygen atoms in total. The molecule has 1 rings (SSSR count). The highest BCUT2D eigenvalue weighted by atomic mass is 16.2. The van der Waals surface area contributed by atoms with Gasteiger partial charge in [0.1, 0.15) is 5.82 Å². The number of amides is 1. The van der Waals surface area contributed by atoms with Crippen LogP contribution in [-0.2, 0) is 11.8 Å². The van der Waals surface area contributed by atoms with Gasteiger partial charge < -0.3 is 9.80 Å². The van der Waals surface area contributed by atoms with Crippen molar-refractivity contribution in [2.75, 3.05) is 31.6 Å². The van der Waals surface area contributed by atoms with E-state index in [1.165, 1.54) is 0 Å². The van der Waals surface area contributed by atoms with Crippen LogP contribution < -0.4 is 4.90 Å². The Morgan fingerprint density at radius 3 is 2.42 bits per heavy atom. The summed E-state index contributed by atoms with van der Waals surface area (Å²) in [6.45, 7) is 7.30. The molecule has 0 bridgehead atoms. The minimum absolute atomic E-state index is 0.0446. The van der Waals surface area contributed by atoms with Crippen LogP contribution in [0.25, 0.3) is 0 Å². The number of carbonyl (C=O) groups is 2. The van der Waals surface area contributed by atoms with E-state index in [0.717, 1.165) is 6.29 Å². The number of aldehydes is 1. The molecule has 0 atom stereocenters. The molecule has 1 amide bonds. The number of hydrogen-bond acceptors (Lipinski definition) is 4. The van der Waals surface area contributed by atoms with Gasteiger partial charge in [-0.1, -0.05) is 0 Å². The Labute approximate surface area is 114 Å². The van der Waals surface area contributed by atoms with Crippen molar-refractivity contribution in [3.63, 3.8) is 0 Å². The zero-order chi connectivity index (χ0) is 14.6. The van der Waals surface area contributed by atoms with E-state index in [4.69, 9.17) is 0 Å². The predicted molar refractivity (Wildman–Crippen MR) is 74.5 cm³/mol. The molecular formula is C13H22N4O2. The van der Waals surface area contributed by atoms with E-state index in [1.807, 2.05) is 13.8 Å². The molecule has 106 valence electrons. The van der Waals surface area contributed by atoms with Crippen molar-refractivity contribution in [1.82, 2.24) is 14.7 Å². The number of likely N-dealkylation sites (N-methyl/N-ethyl adjacent to an activating group) is 2. The average Bonchev–Trinajstić information content (AvgIpc) is 2.64. The average molecular weight is 266 g/mol. The minimum atomic E-state index is 0.0446. The maximum absolute atomic E-state index is 12.1. The van der Waals surface area contributed by atoms with Gasteiger partial charge in [0.05, 0.1) is 17.8 Å². The molecule has 0 radical (unpaired) electrons. The number of carbonyl (C=O) groups excluding carboxylic acids is 2. The van der Waals surface area contributed by atoms with E-state index in [0.29, 0.717) is 30.2 Å². The summed E-state index contributed by atoms with van der Waals surface area (Å²) in [6, 6.07) is 0. The van der Waals surface area contributed by atoms with Crippen LogP contribution in [0.3, 0.4) is 0 Å². The van der Waals surface area contributed by atoms with Crippen LogP contribution in [0, 0.1) is 6.92 Å². The molecule has 0 aliphatic rings. The van der Waals surface area contributed by atoms with E-state index < -0.39 is 0 Å². The molecule has 0 aliphatic heterocycles. The molecular weight excluding hydrogens is 244 g/mol. The van der Waals surface area contributed by atoms with Crippen LogP contribution in [-0.4, -0.2) is 53.6 Å².